The Balaban J connectivity index is 0. The molecule has 0 spiro atoms. The first kappa shape index (κ1) is 28.1. The second kappa shape index (κ2) is 29.7. The van der Waals surface area contributed by atoms with Gasteiger partial charge in [-0.1, -0.05) is 141 Å². The zero-order valence-corrected chi connectivity index (χ0v) is 22.0. The van der Waals surface area contributed by atoms with Gasteiger partial charge in [-0.05, 0) is 25.7 Å². The van der Waals surface area contributed by atoms with Gasteiger partial charge in [-0.25, -0.2) is 0 Å². The number of unbranched alkanes of at least 4 members (excludes halogenated alkanes) is 14. The highest BCUT2D eigenvalue weighted by molar-refractivity contribution is 9.09. The summed E-state index contributed by atoms with van der Waals surface area (Å²) in [6, 6.07) is 0. The van der Waals surface area contributed by atoms with Crippen molar-refractivity contribution in [1.82, 2.24) is 0 Å². The third kappa shape index (κ3) is 31.7. The van der Waals surface area contributed by atoms with Crippen LogP contribution in [-0.2, 0) is 0 Å². The van der Waals surface area contributed by atoms with E-state index in [0.29, 0.717) is 0 Å². The highest BCUT2D eigenvalue weighted by atomic mass is 79.9. The van der Waals surface area contributed by atoms with Crippen LogP contribution in [0.25, 0.3) is 0 Å². The molecular weight excluding hydrogens is 560 g/mol. The monoisotopic (exact) mass is 596 g/mol. The molecule has 0 aliphatic heterocycles. The highest BCUT2D eigenvalue weighted by Crippen LogP contribution is 2.10. The molecule has 4 heteroatoms. The molecule has 0 aliphatic rings. The van der Waals surface area contributed by atoms with E-state index in [1.54, 1.807) is 0 Å². The minimum Gasteiger partial charge on any atom is -0.0928 e. The van der Waals surface area contributed by atoms with E-state index in [2.05, 4.69) is 63.7 Å². The van der Waals surface area contributed by atoms with Crippen molar-refractivity contribution >= 4 is 63.7 Å². The molecule has 24 heavy (non-hydrogen) atoms. The van der Waals surface area contributed by atoms with E-state index in [1.807, 2.05) is 0 Å². The largest absolute Gasteiger partial charge is 0.0928 e. The van der Waals surface area contributed by atoms with Crippen molar-refractivity contribution in [3.63, 3.8) is 0 Å². The van der Waals surface area contributed by atoms with Crippen LogP contribution in [0, 0.1) is 0 Å². The molecule has 0 atom stereocenters. The summed E-state index contributed by atoms with van der Waals surface area (Å²) >= 11 is 13.8. The maximum atomic E-state index is 3.45. The summed E-state index contributed by atoms with van der Waals surface area (Å²) in [5, 5.41) is 4.71. The van der Waals surface area contributed by atoms with Crippen LogP contribution < -0.4 is 0 Å². The van der Waals surface area contributed by atoms with Crippen LogP contribution in [0.5, 0.6) is 0 Å². The van der Waals surface area contributed by atoms with Crippen LogP contribution in [0.15, 0.2) is 0 Å². The number of halogens is 4. The molecule has 0 aromatic rings. The van der Waals surface area contributed by atoms with Gasteiger partial charge in [-0.3, -0.25) is 0 Å². The lowest BCUT2D eigenvalue weighted by molar-refractivity contribution is 0.588. The quantitative estimate of drug-likeness (QED) is 0.109. The molecule has 0 unspecified atom stereocenters. The first-order valence-electron chi connectivity index (χ1n) is 10.1. The second-order valence-corrected chi connectivity index (χ2v) is 9.58. The minimum atomic E-state index is 1.18. The lowest BCUT2D eigenvalue weighted by atomic mass is 10.1. The molecule has 0 amide bonds. The van der Waals surface area contributed by atoms with E-state index in [4.69, 9.17) is 0 Å². The van der Waals surface area contributed by atoms with Gasteiger partial charge in [0.25, 0.3) is 0 Å². The summed E-state index contributed by atoms with van der Waals surface area (Å²) in [5.74, 6) is 0. The zero-order valence-electron chi connectivity index (χ0n) is 15.7. The van der Waals surface area contributed by atoms with E-state index in [9.17, 15) is 0 Å². The molecule has 148 valence electrons. The van der Waals surface area contributed by atoms with Gasteiger partial charge in [-0.2, -0.15) is 0 Å². The molecule has 0 aromatic heterocycles. The fourth-order valence-corrected chi connectivity index (χ4v) is 4.09. The van der Waals surface area contributed by atoms with E-state index in [1.165, 1.54) is 124 Å². The SMILES string of the molecule is BrCCCCCCCCCCBr.BrCCCCCCCCCCBr. The van der Waals surface area contributed by atoms with Gasteiger partial charge in [0, 0.05) is 21.3 Å². The average Bonchev–Trinajstić information content (AvgIpc) is 2.60. The van der Waals surface area contributed by atoms with E-state index >= 15 is 0 Å². The predicted octanol–water partition coefficient (Wildman–Crippen LogP) is 9.79. The Morgan fingerprint density at radius 1 is 0.208 bits per heavy atom. The van der Waals surface area contributed by atoms with Crippen molar-refractivity contribution in [3.8, 4) is 0 Å². The molecule has 0 saturated heterocycles. The lowest BCUT2D eigenvalue weighted by Crippen LogP contribution is -1.81. The average molecular weight is 600 g/mol. The maximum Gasteiger partial charge on any atom is 0.00313 e. The smallest absolute Gasteiger partial charge is 0.00313 e. The summed E-state index contributed by atoms with van der Waals surface area (Å²) in [6.07, 6.45) is 22.5. The number of hydrogen-bond acceptors (Lipinski definition) is 0. The second-order valence-electron chi connectivity index (χ2n) is 6.41. The summed E-state index contributed by atoms with van der Waals surface area (Å²) < 4.78 is 0. The van der Waals surface area contributed by atoms with Gasteiger partial charge in [0.05, 0.1) is 0 Å². The molecular formula is C20H40Br4. The Morgan fingerprint density at radius 3 is 0.458 bits per heavy atom. The third-order valence-corrected chi connectivity index (χ3v) is 6.28. The lowest BCUT2D eigenvalue weighted by Gasteiger charge is -1.99. The summed E-state index contributed by atoms with van der Waals surface area (Å²) in [7, 11) is 0. The van der Waals surface area contributed by atoms with Crippen molar-refractivity contribution in [1.29, 1.82) is 0 Å². The molecule has 0 aliphatic carbocycles. The van der Waals surface area contributed by atoms with Gasteiger partial charge in [-0.15, -0.1) is 0 Å². The zero-order chi connectivity index (χ0) is 18.1. The third-order valence-electron chi connectivity index (χ3n) is 4.03. The fraction of sp³-hybridized carbons (Fsp3) is 1.00. The molecule has 0 radical (unpaired) electrons. The number of rotatable bonds is 18. The molecule has 0 bridgehead atoms. The van der Waals surface area contributed by atoms with Gasteiger partial charge >= 0.3 is 0 Å². The first-order valence-corrected chi connectivity index (χ1v) is 14.6. The van der Waals surface area contributed by atoms with Crippen molar-refractivity contribution in [3.05, 3.63) is 0 Å². The summed E-state index contributed by atoms with van der Waals surface area (Å²) in [5.41, 5.74) is 0. The van der Waals surface area contributed by atoms with E-state index in [0.717, 1.165) is 0 Å². The Kier molecular flexibility index (Phi) is 34.8. The molecule has 0 N–H and O–H groups in total. The van der Waals surface area contributed by atoms with Gasteiger partial charge in [0.15, 0.2) is 0 Å². The normalized spacial score (nSPS) is 10.5. The number of hydrogen-bond donors (Lipinski definition) is 0. The maximum absolute atomic E-state index is 3.45. The van der Waals surface area contributed by atoms with Crippen LogP contribution >= 0.6 is 63.7 Å². The molecule has 0 heterocycles. The molecule has 0 rings (SSSR count). The molecule has 0 saturated carbocycles. The van der Waals surface area contributed by atoms with Crippen molar-refractivity contribution in [2.75, 3.05) is 21.3 Å². The van der Waals surface area contributed by atoms with Gasteiger partial charge < -0.3 is 0 Å². The van der Waals surface area contributed by atoms with Crippen LogP contribution in [0.1, 0.15) is 103 Å². The standard InChI is InChI=1S/2C10H20Br2/c2*11-9-7-5-3-1-2-4-6-8-10-12/h2*1-10H2. The topological polar surface area (TPSA) is 0 Å². The Labute approximate surface area is 186 Å². The van der Waals surface area contributed by atoms with Gasteiger partial charge in [0.2, 0.25) is 0 Å². The van der Waals surface area contributed by atoms with E-state index < -0.39 is 0 Å². The Bertz CT molecular complexity index is 148. The van der Waals surface area contributed by atoms with Crippen molar-refractivity contribution < 1.29 is 0 Å². The molecule has 0 aromatic carbocycles. The Hall–Kier alpha value is 1.92. The van der Waals surface area contributed by atoms with Crippen molar-refractivity contribution in [2.45, 2.75) is 103 Å². The fourth-order valence-electron chi connectivity index (χ4n) is 2.50. The minimum absolute atomic E-state index is 1.18. The van der Waals surface area contributed by atoms with Crippen LogP contribution in [0.3, 0.4) is 0 Å². The van der Waals surface area contributed by atoms with Crippen LogP contribution in [0.4, 0.5) is 0 Å². The molecule has 0 nitrogen and oxygen atoms in total. The summed E-state index contributed by atoms with van der Waals surface area (Å²) in [6.45, 7) is 0. The van der Waals surface area contributed by atoms with E-state index in [-0.39, 0.29) is 0 Å². The summed E-state index contributed by atoms with van der Waals surface area (Å²) in [4.78, 5) is 0. The predicted molar refractivity (Wildman–Crippen MR) is 129 cm³/mol. The Morgan fingerprint density at radius 2 is 0.333 bits per heavy atom. The number of alkyl halides is 4. The first-order chi connectivity index (χ1) is 11.8. The van der Waals surface area contributed by atoms with Crippen molar-refractivity contribution in [2.24, 2.45) is 0 Å². The highest BCUT2D eigenvalue weighted by Gasteiger charge is 1.91. The van der Waals surface area contributed by atoms with Crippen LogP contribution in [-0.4, -0.2) is 21.3 Å². The van der Waals surface area contributed by atoms with Gasteiger partial charge in [0.1, 0.15) is 0 Å². The van der Waals surface area contributed by atoms with Crippen LogP contribution in [0.2, 0.25) is 0 Å². The molecule has 0 fully saturated rings.